The SMILES string of the molecule is C=CCn1cc(-c2cc(-c3cccc(O)c3)nc(N)c2C#N)cn1. The lowest BCUT2D eigenvalue weighted by atomic mass is 10.0. The standard InChI is InChI=1S/C18H15N5O/c1-2-6-23-11-13(10-21-23)15-8-17(22-18(20)16(15)9-19)12-4-3-5-14(24)7-12/h2-5,7-8,10-11,24H,1,6H2,(H2,20,22). The van der Waals surface area contributed by atoms with Gasteiger partial charge in [0.1, 0.15) is 23.2 Å². The highest BCUT2D eigenvalue weighted by Gasteiger charge is 2.15. The van der Waals surface area contributed by atoms with Crippen LogP contribution >= 0.6 is 0 Å². The van der Waals surface area contributed by atoms with Crippen molar-refractivity contribution in [1.82, 2.24) is 14.8 Å². The van der Waals surface area contributed by atoms with Gasteiger partial charge in [-0.15, -0.1) is 6.58 Å². The molecule has 0 radical (unpaired) electrons. The summed E-state index contributed by atoms with van der Waals surface area (Å²) in [5, 5.41) is 23.3. The Balaban J connectivity index is 2.16. The first-order valence-corrected chi connectivity index (χ1v) is 7.26. The van der Waals surface area contributed by atoms with E-state index in [9.17, 15) is 10.4 Å². The molecule has 3 rings (SSSR count). The lowest BCUT2D eigenvalue weighted by Crippen LogP contribution is -1.99. The van der Waals surface area contributed by atoms with Crippen LogP contribution in [0.5, 0.6) is 5.75 Å². The number of aromatic nitrogens is 3. The number of benzene rings is 1. The van der Waals surface area contributed by atoms with Crippen LogP contribution in [0.25, 0.3) is 22.4 Å². The fraction of sp³-hybridized carbons (Fsp3) is 0.0556. The van der Waals surface area contributed by atoms with E-state index in [-0.39, 0.29) is 11.6 Å². The van der Waals surface area contributed by atoms with Gasteiger partial charge in [0.25, 0.3) is 0 Å². The van der Waals surface area contributed by atoms with Gasteiger partial charge in [-0.25, -0.2) is 4.98 Å². The van der Waals surface area contributed by atoms with E-state index in [0.29, 0.717) is 28.9 Å². The van der Waals surface area contributed by atoms with Crippen molar-refractivity contribution in [3.63, 3.8) is 0 Å². The molecule has 0 atom stereocenters. The molecule has 0 aliphatic heterocycles. The van der Waals surface area contributed by atoms with Crippen molar-refractivity contribution in [2.24, 2.45) is 0 Å². The molecular weight excluding hydrogens is 302 g/mol. The molecule has 2 heterocycles. The van der Waals surface area contributed by atoms with Crippen LogP contribution in [0.4, 0.5) is 5.82 Å². The Labute approximate surface area is 139 Å². The van der Waals surface area contributed by atoms with E-state index in [1.54, 1.807) is 41.2 Å². The maximum absolute atomic E-state index is 9.66. The van der Waals surface area contributed by atoms with Crippen LogP contribution in [-0.2, 0) is 6.54 Å². The highest BCUT2D eigenvalue weighted by molar-refractivity contribution is 5.79. The first-order chi connectivity index (χ1) is 11.6. The minimum atomic E-state index is 0.137. The van der Waals surface area contributed by atoms with Crippen molar-refractivity contribution in [2.45, 2.75) is 6.54 Å². The van der Waals surface area contributed by atoms with Crippen molar-refractivity contribution in [3.8, 4) is 34.2 Å². The van der Waals surface area contributed by atoms with Gasteiger partial charge in [0.2, 0.25) is 0 Å². The summed E-state index contributed by atoms with van der Waals surface area (Å²) in [5.74, 6) is 0.280. The van der Waals surface area contributed by atoms with Crippen molar-refractivity contribution in [3.05, 3.63) is 60.9 Å². The third-order valence-corrected chi connectivity index (χ3v) is 3.56. The Kier molecular flexibility index (Phi) is 4.00. The zero-order chi connectivity index (χ0) is 17.1. The van der Waals surface area contributed by atoms with E-state index in [4.69, 9.17) is 5.73 Å². The van der Waals surface area contributed by atoms with E-state index in [0.717, 1.165) is 5.56 Å². The Hall–Kier alpha value is -3.59. The van der Waals surface area contributed by atoms with Gasteiger partial charge in [-0.05, 0) is 18.2 Å². The van der Waals surface area contributed by atoms with Crippen LogP contribution < -0.4 is 5.73 Å². The zero-order valence-corrected chi connectivity index (χ0v) is 12.8. The molecule has 0 spiro atoms. The maximum Gasteiger partial charge on any atom is 0.142 e. The second-order valence-electron chi connectivity index (χ2n) is 5.22. The molecule has 6 heteroatoms. The van der Waals surface area contributed by atoms with Crippen molar-refractivity contribution in [1.29, 1.82) is 5.26 Å². The molecule has 0 saturated carbocycles. The molecule has 3 N–H and O–H groups in total. The third kappa shape index (κ3) is 2.83. The Morgan fingerprint density at radius 2 is 2.17 bits per heavy atom. The molecule has 0 unspecified atom stereocenters. The molecular formula is C18H15N5O. The zero-order valence-electron chi connectivity index (χ0n) is 12.8. The number of pyridine rings is 1. The molecule has 3 aromatic rings. The highest BCUT2D eigenvalue weighted by Crippen LogP contribution is 2.31. The molecule has 6 nitrogen and oxygen atoms in total. The number of hydrogen-bond acceptors (Lipinski definition) is 5. The van der Waals surface area contributed by atoms with E-state index in [2.05, 4.69) is 22.7 Å². The topological polar surface area (TPSA) is 101 Å². The van der Waals surface area contributed by atoms with E-state index >= 15 is 0 Å². The van der Waals surface area contributed by atoms with Gasteiger partial charge in [-0.3, -0.25) is 4.68 Å². The number of nitrogens with two attached hydrogens (primary N) is 1. The van der Waals surface area contributed by atoms with Gasteiger partial charge in [0.05, 0.1) is 18.4 Å². The summed E-state index contributed by atoms with van der Waals surface area (Å²) in [6.45, 7) is 4.25. The van der Waals surface area contributed by atoms with Gasteiger partial charge in [0.15, 0.2) is 0 Å². The molecule has 2 aromatic heterocycles. The summed E-state index contributed by atoms with van der Waals surface area (Å²) in [6, 6.07) is 10.6. The average molecular weight is 317 g/mol. The molecule has 0 fully saturated rings. The van der Waals surface area contributed by atoms with Crippen LogP contribution in [0, 0.1) is 11.3 Å². The summed E-state index contributed by atoms with van der Waals surface area (Å²) in [5.41, 5.74) is 8.98. The number of hydrogen-bond donors (Lipinski definition) is 2. The van der Waals surface area contributed by atoms with Crippen molar-refractivity contribution >= 4 is 5.82 Å². The number of aromatic hydroxyl groups is 1. The third-order valence-electron chi connectivity index (χ3n) is 3.56. The van der Waals surface area contributed by atoms with Gasteiger partial charge >= 0.3 is 0 Å². The quantitative estimate of drug-likeness (QED) is 0.720. The normalized spacial score (nSPS) is 10.3. The highest BCUT2D eigenvalue weighted by atomic mass is 16.3. The number of phenolic OH excluding ortho intramolecular Hbond substituents is 1. The molecule has 118 valence electrons. The minimum Gasteiger partial charge on any atom is -0.508 e. The summed E-state index contributed by atoms with van der Waals surface area (Å²) in [4.78, 5) is 4.29. The van der Waals surface area contributed by atoms with E-state index in [1.807, 2.05) is 12.3 Å². The van der Waals surface area contributed by atoms with Crippen LogP contribution in [-0.4, -0.2) is 19.9 Å². The summed E-state index contributed by atoms with van der Waals surface area (Å²) >= 11 is 0. The number of rotatable bonds is 4. The molecule has 0 aliphatic rings. The van der Waals surface area contributed by atoms with E-state index in [1.165, 1.54) is 0 Å². The fourth-order valence-corrected chi connectivity index (χ4v) is 2.46. The predicted octanol–water partition coefficient (Wildman–Crippen LogP) is 2.96. The predicted molar refractivity (Wildman–Crippen MR) is 91.9 cm³/mol. The number of phenols is 1. The summed E-state index contributed by atoms with van der Waals surface area (Å²) in [7, 11) is 0. The first kappa shape index (κ1) is 15.3. The van der Waals surface area contributed by atoms with Gasteiger partial charge in [0, 0.05) is 22.9 Å². The second-order valence-corrected chi connectivity index (χ2v) is 5.22. The molecule has 1 aromatic carbocycles. The fourth-order valence-electron chi connectivity index (χ4n) is 2.46. The first-order valence-electron chi connectivity index (χ1n) is 7.26. The molecule has 24 heavy (non-hydrogen) atoms. The lowest BCUT2D eigenvalue weighted by Gasteiger charge is -2.09. The minimum absolute atomic E-state index is 0.137. The van der Waals surface area contributed by atoms with Gasteiger partial charge < -0.3 is 10.8 Å². The maximum atomic E-state index is 9.66. The van der Waals surface area contributed by atoms with Crippen LogP contribution in [0.2, 0.25) is 0 Å². The largest absolute Gasteiger partial charge is 0.508 e. The van der Waals surface area contributed by atoms with Crippen LogP contribution in [0.3, 0.4) is 0 Å². The van der Waals surface area contributed by atoms with Gasteiger partial charge in [-0.1, -0.05) is 18.2 Å². The van der Waals surface area contributed by atoms with Crippen LogP contribution in [0.1, 0.15) is 5.56 Å². The Morgan fingerprint density at radius 3 is 2.88 bits per heavy atom. The number of anilines is 1. The van der Waals surface area contributed by atoms with Crippen molar-refractivity contribution < 1.29 is 5.11 Å². The number of nitrogens with zero attached hydrogens (tertiary/aromatic N) is 4. The second kappa shape index (κ2) is 6.26. The number of nitrogen functional groups attached to an aromatic ring is 1. The Bertz CT molecular complexity index is 952. The molecule has 0 amide bonds. The summed E-state index contributed by atoms with van der Waals surface area (Å²) < 4.78 is 1.72. The van der Waals surface area contributed by atoms with E-state index < -0.39 is 0 Å². The number of allylic oxidation sites excluding steroid dienone is 1. The molecule has 0 bridgehead atoms. The lowest BCUT2D eigenvalue weighted by molar-refractivity contribution is 0.475. The number of nitriles is 1. The van der Waals surface area contributed by atoms with Gasteiger partial charge in [-0.2, -0.15) is 10.4 Å². The molecule has 0 saturated heterocycles. The average Bonchev–Trinajstić information content (AvgIpc) is 3.03. The van der Waals surface area contributed by atoms with Crippen LogP contribution in [0.15, 0.2) is 55.4 Å². The van der Waals surface area contributed by atoms with Crippen molar-refractivity contribution in [2.75, 3.05) is 5.73 Å². The molecule has 0 aliphatic carbocycles. The Morgan fingerprint density at radius 1 is 1.33 bits per heavy atom. The monoisotopic (exact) mass is 317 g/mol. The smallest absolute Gasteiger partial charge is 0.142 e. The summed E-state index contributed by atoms with van der Waals surface area (Å²) in [6.07, 6.45) is 5.23.